The monoisotopic (exact) mass is 947 g/mol. The summed E-state index contributed by atoms with van der Waals surface area (Å²) in [5.74, 6) is 0.803. The summed E-state index contributed by atoms with van der Waals surface area (Å²) >= 11 is 0. The fourth-order valence-electron chi connectivity index (χ4n) is 8.78. The number of hydrogen-bond acceptors (Lipinski definition) is 3. The number of rotatable bonds is 7. The maximum atomic E-state index is 6.52. The molecule has 7 aromatic rings. The molecule has 3 heterocycles. The zero-order chi connectivity index (χ0) is 39.6. The smallest absolute Gasteiger partial charge is 0.121 e. The normalized spacial score (nSPS) is 13.6. The third-order valence-corrected chi connectivity index (χ3v) is 13.3. The van der Waals surface area contributed by atoms with Crippen LogP contribution in [0.25, 0.3) is 55.6 Å². The molecule has 297 valence electrons. The van der Waals surface area contributed by atoms with Crippen molar-refractivity contribution >= 4 is 35.2 Å². The number of benzene rings is 4. The van der Waals surface area contributed by atoms with E-state index in [-0.39, 0.29) is 25.5 Å². The Hall–Kier alpha value is -4.15. The standard InChI is InChI=1S/C33H32NO.C19H26NSi.Ir/c1-21-16-22(2)32(23(3)17-21)26-12-13-27-28-10-7-11-29(33(28)35-31(27)20-26)30-19-25(14-15-34-30)18-24-8-5-4-6-9-24;1-19(2,3)13-16-12-17(15-10-8-7-9-11-15)20-14-18(16)21(4,5)6;/h7,10,12-17,19-20,24H,4-6,8-9,18H2,1-3H3;7-10,12,14H,13H2,1-6H3;/q2*-1;. The van der Waals surface area contributed by atoms with Crippen LogP contribution in [0.4, 0.5) is 0 Å². The summed E-state index contributed by atoms with van der Waals surface area (Å²) in [5.41, 5.74) is 15.3. The molecule has 0 bridgehead atoms. The van der Waals surface area contributed by atoms with Crippen molar-refractivity contribution in [1.29, 1.82) is 0 Å². The third-order valence-electron chi connectivity index (χ3n) is 11.2. The summed E-state index contributed by atoms with van der Waals surface area (Å²) in [6.07, 6.45) is 13.1. The Morgan fingerprint density at radius 1 is 0.772 bits per heavy atom. The predicted octanol–water partition coefficient (Wildman–Crippen LogP) is 13.8. The van der Waals surface area contributed by atoms with Crippen LogP contribution in [-0.4, -0.2) is 18.0 Å². The van der Waals surface area contributed by atoms with Gasteiger partial charge in [0.15, 0.2) is 0 Å². The Labute approximate surface area is 356 Å². The molecule has 8 rings (SSSR count). The minimum Gasteiger partial charge on any atom is -0.501 e. The van der Waals surface area contributed by atoms with Crippen LogP contribution in [0.1, 0.15) is 80.7 Å². The summed E-state index contributed by atoms with van der Waals surface area (Å²) in [6.45, 7) is 20.6. The molecule has 3 nitrogen and oxygen atoms in total. The molecule has 0 saturated heterocycles. The molecule has 1 aliphatic carbocycles. The second kappa shape index (κ2) is 17.8. The van der Waals surface area contributed by atoms with E-state index in [0.29, 0.717) is 0 Å². The van der Waals surface area contributed by atoms with Crippen molar-refractivity contribution < 1.29 is 24.5 Å². The molecule has 0 N–H and O–H groups in total. The Kier molecular flexibility index (Phi) is 13.2. The molecule has 0 aliphatic heterocycles. The average Bonchev–Trinajstić information content (AvgIpc) is 3.53. The number of furan rings is 1. The predicted molar refractivity (Wildman–Crippen MR) is 240 cm³/mol. The van der Waals surface area contributed by atoms with Crippen molar-refractivity contribution in [2.24, 2.45) is 11.3 Å². The van der Waals surface area contributed by atoms with E-state index in [1.54, 1.807) is 0 Å². The van der Waals surface area contributed by atoms with Gasteiger partial charge in [0.25, 0.3) is 0 Å². The van der Waals surface area contributed by atoms with Crippen LogP contribution in [0.5, 0.6) is 0 Å². The molecule has 0 amide bonds. The van der Waals surface area contributed by atoms with E-state index in [1.165, 1.54) is 76.2 Å². The van der Waals surface area contributed by atoms with Crippen LogP contribution >= 0.6 is 0 Å². The van der Waals surface area contributed by atoms with Crippen molar-refractivity contribution in [3.05, 3.63) is 137 Å². The van der Waals surface area contributed by atoms with Crippen molar-refractivity contribution in [1.82, 2.24) is 9.97 Å². The first-order valence-corrected chi connectivity index (χ1v) is 24.1. The Balaban J connectivity index is 0.000000215. The fraction of sp³-hybridized carbons (Fsp3) is 0.346. The number of fused-ring (bicyclic) bond motifs is 3. The first-order valence-electron chi connectivity index (χ1n) is 20.6. The van der Waals surface area contributed by atoms with Gasteiger partial charge < -0.3 is 14.4 Å². The van der Waals surface area contributed by atoms with E-state index in [9.17, 15) is 0 Å². The minimum absolute atomic E-state index is 0. The topological polar surface area (TPSA) is 38.9 Å². The molecule has 0 spiro atoms. The molecule has 1 aliphatic rings. The number of nitrogens with zero attached hydrogens (tertiary/aromatic N) is 2. The fourth-order valence-corrected chi connectivity index (χ4v) is 10.4. The summed E-state index contributed by atoms with van der Waals surface area (Å²) in [4.78, 5) is 9.44. The maximum absolute atomic E-state index is 6.52. The Morgan fingerprint density at radius 2 is 1.53 bits per heavy atom. The van der Waals surface area contributed by atoms with Gasteiger partial charge in [0.05, 0.1) is 13.7 Å². The zero-order valence-electron chi connectivity index (χ0n) is 35.4. The van der Waals surface area contributed by atoms with E-state index in [0.717, 1.165) is 63.2 Å². The zero-order valence-corrected chi connectivity index (χ0v) is 38.8. The quantitative estimate of drug-likeness (QED) is 0.118. The number of aryl methyl sites for hydroxylation is 3. The number of pyridine rings is 2. The van der Waals surface area contributed by atoms with Gasteiger partial charge in [-0.25, -0.2) is 0 Å². The van der Waals surface area contributed by atoms with Crippen LogP contribution in [0, 0.1) is 44.2 Å². The van der Waals surface area contributed by atoms with Gasteiger partial charge in [0.2, 0.25) is 0 Å². The van der Waals surface area contributed by atoms with Crippen molar-refractivity contribution in [3.63, 3.8) is 0 Å². The minimum atomic E-state index is -1.37. The third kappa shape index (κ3) is 10.1. The first-order chi connectivity index (χ1) is 26.7. The average molecular weight is 947 g/mol. The molecule has 4 aromatic carbocycles. The molecular weight excluding hydrogens is 889 g/mol. The van der Waals surface area contributed by atoms with Gasteiger partial charge in [0.1, 0.15) is 5.58 Å². The van der Waals surface area contributed by atoms with E-state index < -0.39 is 8.07 Å². The van der Waals surface area contributed by atoms with Gasteiger partial charge in [0, 0.05) is 37.9 Å². The van der Waals surface area contributed by atoms with Crippen molar-refractivity contribution in [2.45, 2.75) is 106 Å². The van der Waals surface area contributed by atoms with Gasteiger partial charge in [-0.05, 0) is 95.9 Å². The molecule has 1 saturated carbocycles. The van der Waals surface area contributed by atoms with E-state index in [1.807, 2.05) is 30.5 Å². The summed E-state index contributed by atoms with van der Waals surface area (Å²) in [7, 11) is -1.37. The van der Waals surface area contributed by atoms with Crippen LogP contribution in [0.15, 0.2) is 102 Å². The second-order valence-electron chi connectivity index (χ2n) is 18.4. The first kappa shape index (κ1) is 42.5. The molecular formula is C52H58IrN2OSi-2. The second-order valence-corrected chi connectivity index (χ2v) is 23.5. The van der Waals surface area contributed by atoms with Gasteiger partial charge in [-0.15, -0.1) is 54.1 Å². The Bertz CT molecular complexity index is 2440. The molecule has 5 heteroatoms. The van der Waals surface area contributed by atoms with Crippen molar-refractivity contribution in [2.75, 3.05) is 0 Å². The van der Waals surface area contributed by atoms with Crippen molar-refractivity contribution in [3.8, 4) is 33.6 Å². The molecule has 1 radical (unpaired) electrons. The molecule has 57 heavy (non-hydrogen) atoms. The molecule has 0 atom stereocenters. The maximum Gasteiger partial charge on any atom is 0.121 e. The number of aromatic nitrogens is 2. The van der Waals surface area contributed by atoms with E-state index in [4.69, 9.17) is 14.4 Å². The molecule has 1 fully saturated rings. The number of hydrogen-bond donors (Lipinski definition) is 0. The van der Waals surface area contributed by atoms with Gasteiger partial charge in [-0.1, -0.05) is 137 Å². The van der Waals surface area contributed by atoms with Crippen LogP contribution < -0.4 is 5.19 Å². The SMILES string of the molecule is CC(C)(C)Cc1cc(-c2[c-]cccc2)ncc1[Si](C)(C)C.Cc1cc(C)c(-c2ccc3c(c2)oc2c(-c4cc(CC5CCCCC5)ccn4)[c-]ccc23)c(C)c1.[Ir]. The van der Waals surface area contributed by atoms with Crippen LogP contribution in [0.2, 0.25) is 19.6 Å². The largest absolute Gasteiger partial charge is 0.501 e. The van der Waals surface area contributed by atoms with Gasteiger partial charge in [-0.2, -0.15) is 0 Å². The van der Waals surface area contributed by atoms with Gasteiger partial charge >= 0.3 is 0 Å². The summed E-state index contributed by atoms with van der Waals surface area (Å²) in [5, 5.41) is 3.74. The van der Waals surface area contributed by atoms with Crippen LogP contribution in [0.3, 0.4) is 0 Å². The van der Waals surface area contributed by atoms with E-state index >= 15 is 0 Å². The summed E-state index contributed by atoms with van der Waals surface area (Å²) < 4.78 is 6.52. The van der Waals surface area contributed by atoms with E-state index in [2.05, 4.69) is 140 Å². The Morgan fingerprint density at radius 3 is 2.21 bits per heavy atom. The van der Waals surface area contributed by atoms with Gasteiger partial charge in [-0.3, -0.25) is 0 Å². The summed E-state index contributed by atoms with van der Waals surface area (Å²) in [6, 6.07) is 36.7. The van der Waals surface area contributed by atoms with Crippen LogP contribution in [-0.2, 0) is 32.9 Å². The molecule has 3 aromatic heterocycles. The molecule has 0 unspecified atom stereocenters.